The zero-order valence-corrected chi connectivity index (χ0v) is 10.4. The van der Waals surface area contributed by atoms with Crippen LogP contribution < -0.4 is 0 Å². The molecule has 0 aromatic carbocycles. The molecule has 0 atom stereocenters. The van der Waals surface area contributed by atoms with Crippen molar-refractivity contribution in [1.82, 2.24) is 0 Å². The van der Waals surface area contributed by atoms with Gasteiger partial charge in [-0.15, -0.1) is 0 Å². The predicted molar refractivity (Wildman–Crippen MR) is 53.9 cm³/mol. The molecule has 0 saturated carbocycles. The second-order valence-corrected chi connectivity index (χ2v) is 7.91. The summed E-state index contributed by atoms with van der Waals surface area (Å²) in [6.45, 7) is 0. The molecule has 0 aliphatic carbocycles. The third-order valence-electron chi connectivity index (χ3n) is 1.31. The highest BCUT2D eigenvalue weighted by Crippen LogP contribution is 2.52. The van der Waals surface area contributed by atoms with E-state index >= 15 is 0 Å². The van der Waals surface area contributed by atoms with Crippen molar-refractivity contribution in [3.05, 3.63) is 11.4 Å². The van der Waals surface area contributed by atoms with E-state index in [0.717, 1.165) is 0 Å². The van der Waals surface area contributed by atoms with Crippen LogP contribution in [0.3, 0.4) is 0 Å². The number of hydrogen-bond donors (Lipinski definition) is 6. The minimum absolute atomic E-state index is 0.459. The topological polar surface area (TPSA) is 173 Å². The van der Waals surface area contributed by atoms with Gasteiger partial charge in [0.1, 0.15) is 0 Å². The Labute approximate surface area is 90.3 Å². The summed E-state index contributed by atoms with van der Waals surface area (Å²) in [7, 11) is -14.2. The fraction of sp³-hybridized carbons (Fsp3) is 0.500. The first kappa shape index (κ1) is 16.2. The molecular formula is C4H11O9P3. The lowest BCUT2D eigenvalue weighted by Gasteiger charge is -2.11. The summed E-state index contributed by atoms with van der Waals surface area (Å²) in [6.07, 6.45) is -1.77. The van der Waals surface area contributed by atoms with Crippen LogP contribution in [0.5, 0.6) is 0 Å². The largest absolute Gasteiger partial charge is 0.352 e. The van der Waals surface area contributed by atoms with Gasteiger partial charge in [0.2, 0.25) is 0 Å². The SMILES string of the molecule is O=P(O)(O)CC=C(CP(=O)(O)O)P(=O)(O)O. The first-order chi connectivity index (χ1) is 6.81. The van der Waals surface area contributed by atoms with Gasteiger partial charge in [-0.1, -0.05) is 6.08 Å². The van der Waals surface area contributed by atoms with Gasteiger partial charge in [0.25, 0.3) is 0 Å². The van der Waals surface area contributed by atoms with Crippen LogP contribution in [0.15, 0.2) is 11.4 Å². The van der Waals surface area contributed by atoms with Gasteiger partial charge in [-0.05, 0) is 0 Å². The minimum atomic E-state index is -4.93. The average Bonchev–Trinajstić information content (AvgIpc) is 1.91. The summed E-state index contributed by atoms with van der Waals surface area (Å²) in [5.74, 6) is 0. The molecule has 0 aliphatic rings. The second kappa shape index (κ2) is 5.23. The van der Waals surface area contributed by atoms with Crippen LogP contribution in [0.2, 0.25) is 0 Å². The van der Waals surface area contributed by atoms with E-state index in [9.17, 15) is 13.7 Å². The number of allylic oxidation sites excluding steroid dienone is 2. The zero-order chi connectivity index (χ0) is 13.2. The van der Waals surface area contributed by atoms with Gasteiger partial charge in [0.05, 0.1) is 17.6 Å². The summed E-state index contributed by atoms with van der Waals surface area (Å²) < 4.78 is 31.7. The molecule has 0 aromatic heterocycles. The molecule has 0 aliphatic heterocycles. The van der Waals surface area contributed by atoms with Crippen molar-refractivity contribution in [3.8, 4) is 0 Å². The molecule has 0 bridgehead atoms. The van der Waals surface area contributed by atoms with Crippen molar-refractivity contribution >= 4 is 22.8 Å². The minimum Gasteiger partial charge on any atom is -0.324 e. The Balaban J connectivity index is 5.06. The molecule has 0 rings (SSSR count). The van der Waals surface area contributed by atoms with Gasteiger partial charge in [-0.25, -0.2) is 0 Å². The smallest absolute Gasteiger partial charge is 0.324 e. The van der Waals surface area contributed by atoms with Crippen molar-refractivity contribution in [2.75, 3.05) is 12.3 Å². The molecule has 9 nitrogen and oxygen atoms in total. The molecule has 0 amide bonds. The van der Waals surface area contributed by atoms with Crippen LogP contribution in [-0.2, 0) is 13.7 Å². The molecule has 0 heterocycles. The number of rotatable bonds is 5. The van der Waals surface area contributed by atoms with Crippen molar-refractivity contribution in [3.63, 3.8) is 0 Å². The number of hydrogen-bond acceptors (Lipinski definition) is 3. The van der Waals surface area contributed by atoms with E-state index < -0.39 is 40.4 Å². The maximum atomic E-state index is 10.8. The van der Waals surface area contributed by atoms with E-state index in [0.29, 0.717) is 6.08 Å². The third-order valence-corrected chi connectivity index (χ3v) is 4.06. The van der Waals surface area contributed by atoms with E-state index in [-0.39, 0.29) is 0 Å². The third kappa shape index (κ3) is 8.35. The van der Waals surface area contributed by atoms with Gasteiger partial charge >= 0.3 is 22.8 Å². The molecule has 0 fully saturated rings. The summed E-state index contributed by atoms with van der Waals surface area (Å²) in [4.78, 5) is 51.3. The van der Waals surface area contributed by atoms with Crippen LogP contribution >= 0.6 is 22.8 Å². The highest BCUT2D eigenvalue weighted by Gasteiger charge is 2.29. The molecule has 0 spiro atoms. The maximum Gasteiger partial charge on any atom is 0.352 e. The van der Waals surface area contributed by atoms with Crippen LogP contribution in [-0.4, -0.2) is 41.7 Å². The van der Waals surface area contributed by atoms with E-state index in [1.807, 2.05) is 0 Å². The van der Waals surface area contributed by atoms with Gasteiger partial charge < -0.3 is 29.4 Å². The van der Waals surface area contributed by atoms with Crippen molar-refractivity contribution in [1.29, 1.82) is 0 Å². The first-order valence-corrected chi connectivity index (χ1v) is 8.86. The maximum absolute atomic E-state index is 10.8. The summed E-state index contributed by atoms with van der Waals surface area (Å²) in [6, 6.07) is 0. The molecule has 12 heteroatoms. The normalized spacial score (nSPS) is 15.2. The highest BCUT2D eigenvalue weighted by molar-refractivity contribution is 7.60. The molecule has 16 heavy (non-hydrogen) atoms. The summed E-state index contributed by atoms with van der Waals surface area (Å²) >= 11 is 0. The van der Waals surface area contributed by atoms with Crippen molar-refractivity contribution < 1.29 is 43.1 Å². The molecule has 0 unspecified atom stereocenters. The van der Waals surface area contributed by atoms with Gasteiger partial charge in [0, 0.05) is 0 Å². The van der Waals surface area contributed by atoms with Crippen LogP contribution in [0.25, 0.3) is 0 Å². The lowest BCUT2D eigenvalue weighted by atomic mass is 10.6. The van der Waals surface area contributed by atoms with Crippen LogP contribution in [0.4, 0.5) is 0 Å². The second-order valence-electron chi connectivity index (χ2n) is 2.91. The van der Waals surface area contributed by atoms with Gasteiger partial charge in [-0.3, -0.25) is 13.7 Å². The van der Waals surface area contributed by atoms with Gasteiger partial charge in [-0.2, -0.15) is 0 Å². The average molecular weight is 296 g/mol. The molecule has 6 N–H and O–H groups in total. The summed E-state index contributed by atoms with van der Waals surface area (Å²) in [5.41, 5.74) is 0. The quantitative estimate of drug-likeness (QED) is 0.362. The molecule has 0 aromatic rings. The van der Waals surface area contributed by atoms with Crippen LogP contribution in [0, 0.1) is 0 Å². The first-order valence-electron chi connectivity index (χ1n) is 3.65. The Bertz CT molecular complexity index is 406. The van der Waals surface area contributed by atoms with E-state index in [2.05, 4.69) is 0 Å². The molecular weight excluding hydrogens is 285 g/mol. The Morgan fingerprint density at radius 2 is 1.31 bits per heavy atom. The monoisotopic (exact) mass is 296 g/mol. The Kier molecular flexibility index (Phi) is 5.29. The Morgan fingerprint density at radius 3 is 1.56 bits per heavy atom. The van der Waals surface area contributed by atoms with E-state index in [1.54, 1.807) is 0 Å². The van der Waals surface area contributed by atoms with Crippen molar-refractivity contribution in [2.45, 2.75) is 0 Å². The Morgan fingerprint density at radius 1 is 0.875 bits per heavy atom. The summed E-state index contributed by atoms with van der Waals surface area (Å²) in [5, 5.41) is -0.982. The molecule has 96 valence electrons. The van der Waals surface area contributed by atoms with E-state index in [4.69, 9.17) is 29.4 Å². The highest BCUT2D eigenvalue weighted by atomic mass is 31.2. The predicted octanol–water partition coefficient (Wildman–Crippen LogP) is -0.597. The van der Waals surface area contributed by atoms with Crippen LogP contribution in [0.1, 0.15) is 0 Å². The van der Waals surface area contributed by atoms with Gasteiger partial charge in [0.15, 0.2) is 0 Å². The lowest BCUT2D eigenvalue weighted by molar-refractivity contribution is 0.366. The molecule has 0 saturated heterocycles. The van der Waals surface area contributed by atoms with Crippen molar-refractivity contribution in [2.24, 2.45) is 0 Å². The molecule has 0 radical (unpaired) electrons. The zero-order valence-electron chi connectivity index (χ0n) is 7.74. The lowest BCUT2D eigenvalue weighted by Crippen LogP contribution is -1.97. The standard InChI is InChI=1S/C4H11O9P3/c5-14(6,7)2-1-4(16(11,12)13)3-15(8,9)10/h1H,2-3H2,(H2,5,6,7)(H2,8,9,10)(H2,11,12,13). The fourth-order valence-corrected chi connectivity index (χ4v) is 3.48. The Hall–Kier alpha value is 0.190. The van der Waals surface area contributed by atoms with E-state index in [1.165, 1.54) is 0 Å². The fourth-order valence-electron chi connectivity index (χ4n) is 0.711.